The third kappa shape index (κ3) is 5.70. The Labute approximate surface area is 181 Å². The number of ether oxygens (including phenoxy) is 1. The van der Waals surface area contributed by atoms with Gasteiger partial charge in [-0.3, -0.25) is 4.79 Å². The molecule has 0 bridgehead atoms. The fourth-order valence-corrected chi connectivity index (χ4v) is 3.89. The molecular formula is C22H20Br2N2O2. The molecule has 0 unspecified atom stereocenters. The number of hydrogen-bond donors (Lipinski definition) is 1. The fourth-order valence-electron chi connectivity index (χ4n) is 3.11. The van der Waals surface area contributed by atoms with E-state index in [1.165, 1.54) is 0 Å². The van der Waals surface area contributed by atoms with Gasteiger partial charge in [-0.15, -0.1) is 0 Å². The van der Waals surface area contributed by atoms with Crippen molar-refractivity contribution in [2.24, 2.45) is 0 Å². The molecule has 144 valence electrons. The van der Waals surface area contributed by atoms with E-state index in [0.717, 1.165) is 45.8 Å². The SMILES string of the molecule is N#C/C(=C\c1ccc(OCc2ccc(Br)cc2)c(Br)c1)C(=O)NC1CCCC1. The van der Waals surface area contributed by atoms with Crippen LogP contribution in [0.4, 0.5) is 0 Å². The summed E-state index contributed by atoms with van der Waals surface area (Å²) in [5, 5.41) is 12.3. The number of nitrogens with one attached hydrogen (secondary N) is 1. The summed E-state index contributed by atoms with van der Waals surface area (Å²) in [5.41, 5.74) is 1.94. The average Bonchev–Trinajstić information content (AvgIpc) is 3.19. The third-order valence-electron chi connectivity index (χ3n) is 4.63. The van der Waals surface area contributed by atoms with Gasteiger partial charge in [0.1, 0.15) is 24.0 Å². The molecule has 2 aromatic rings. The van der Waals surface area contributed by atoms with Gasteiger partial charge < -0.3 is 10.1 Å². The molecule has 0 heterocycles. The number of halogens is 2. The van der Waals surface area contributed by atoms with Crippen LogP contribution < -0.4 is 10.1 Å². The predicted molar refractivity (Wildman–Crippen MR) is 117 cm³/mol. The number of amides is 1. The molecule has 0 saturated heterocycles. The van der Waals surface area contributed by atoms with Crippen LogP contribution in [0, 0.1) is 11.3 Å². The Bertz CT molecular complexity index is 911. The maximum absolute atomic E-state index is 12.3. The Morgan fingerprint density at radius 2 is 1.89 bits per heavy atom. The van der Waals surface area contributed by atoms with E-state index in [1.54, 1.807) is 6.08 Å². The van der Waals surface area contributed by atoms with Crippen LogP contribution in [-0.2, 0) is 11.4 Å². The molecule has 1 N–H and O–H groups in total. The lowest BCUT2D eigenvalue weighted by Gasteiger charge is -2.11. The van der Waals surface area contributed by atoms with Crippen molar-refractivity contribution < 1.29 is 9.53 Å². The van der Waals surface area contributed by atoms with E-state index in [-0.39, 0.29) is 17.5 Å². The molecular weight excluding hydrogens is 484 g/mol. The molecule has 0 radical (unpaired) electrons. The number of hydrogen-bond acceptors (Lipinski definition) is 3. The molecule has 4 nitrogen and oxygen atoms in total. The van der Waals surface area contributed by atoms with Crippen molar-refractivity contribution in [1.82, 2.24) is 5.32 Å². The highest BCUT2D eigenvalue weighted by Gasteiger charge is 2.19. The maximum atomic E-state index is 12.3. The van der Waals surface area contributed by atoms with Crippen LogP contribution in [0.5, 0.6) is 5.75 Å². The van der Waals surface area contributed by atoms with E-state index in [9.17, 15) is 10.1 Å². The van der Waals surface area contributed by atoms with Gasteiger partial charge in [-0.2, -0.15) is 5.26 Å². The highest BCUT2D eigenvalue weighted by Crippen LogP contribution is 2.28. The van der Waals surface area contributed by atoms with Gasteiger partial charge in [0.2, 0.25) is 0 Å². The molecule has 1 amide bonds. The van der Waals surface area contributed by atoms with Crippen molar-refractivity contribution in [3.63, 3.8) is 0 Å². The fraction of sp³-hybridized carbons (Fsp3) is 0.273. The minimum atomic E-state index is -0.305. The zero-order valence-electron chi connectivity index (χ0n) is 15.3. The van der Waals surface area contributed by atoms with Crippen molar-refractivity contribution in [3.8, 4) is 11.8 Å². The zero-order chi connectivity index (χ0) is 19.9. The summed E-state index contributed by atoms with van der Waals surface area (Å²) >= 11 is 6.92. The molecule has 6 heteroatoms. The predicted octanol–water partition coefficient (Wildman–Crippen LogP) is 5.76. The van der Waals surface area contributed by atoms with Gasteiger partial charge in [-0.05, 0) is 70.2 Å². The van der Waals surface area contributed by atoms with Gasteiger partial charge >= 0.3 is 0 Å². The molecule has 0 aliphatic heterocycles. The first-order valence-electron chi connectivity index (χ1n) is 9.14. The number of nitriles is 1. The first kappa shape index (κ1) is 20.6. The van der Waals surface area contributed by atoms with Crippen molar-refractivity contribution >= 4 is 43.8 Å². The van der Waals surface area contributed by atoms with Gasteiger partial charge in [0.15, 0.2) is 0 Å². The Morgan fingerprint density at radius 1 is 1.18 bits per heavy atom. The number of benzene rings is 2. The van der Waals surface area contributed by atoms with Crippen molar-refractivity contribution in [2.45, 2.75) is 38.3 Å². The molecule has 0 atom stereocenters. The molecule has 1 aliphatic rings. The van der Waals surface area contributed by atoms with E-state index >= 15 is 0 Å². The maximum Gasteiger partial charge on any atom is 0.262 e. The Balaban J connectivity index is 1.66. The lowest BCUT2D eigenvalue weighted by atomic mass is 10.1. The normalized spacial score (nSPS) is 14.5. The molecule has 1 fully saturated rings. The number of carbonyl (C=O) groups excluding carboxylic acids is 1. The lowest BCUT2D eigenvalue weighted by molar-refractivity contribution is -0.117. The van der Waals surface area contributed by atoms with E-state index in [4.69, 9.17) is 4.74 Å². The first-order chi connectivity index (χ1) is 13.5. The molecule has 28 heavy (non-hydrogen) atoms. The quantitative estimate of drug-likeness (QED) is 0.402. The van der Waals surface area contributed by atoms with Crippen molar-refractivity contribution in [2.75, 3.05) is 0 Å². The number of rotatable bonds is 6. The molecule has 3 rings (SSSR count). The summed E-state index contributed by atoms with van der Waals surface area (Å²) < 4.78 is 7.65. The molecule has 0 aromatic heterocycles. The smallest absolute Gasteiger partial charge is 0.262 e. The number of carbonyl (C=O) groups is 1. The molecule has 1 saturated carbocycles. The van der Waals surface area contributed by atoms with Crippen LogP contribution in [0.1, 0.15) is 36.8 Å². The van der Waals surface area contributed by atoms with Crippen molar-refractivity contribution in [1.29, 1.82) is 5.26 Å². The summed E-state index contributed by atoms with van der Waals surface area (Å²) in [5.74, 6) is 0.398. The van der Waals surface area contributed by atoms with E-state index < -0.39 is 0 Å². The lowest BCUT2D eigenvalue weighted by Crippen LogP contribution is -2.33. The van der Waals surface area contributed by atoms with Gasteiger partial charge in [-0.25, -0.2) is 0 Å². The topological polar surface area (TPSA) is 62.1 Å². The Kier molecular flexibility index (Phi) is 7.30. The summed E-state index contributed by atoms with van der Waals surface area (Å²) in [6.07, 6.45) is 5.84. The average molecular weight is 504 g/mol. The molecule has 0 spiro atoms. The summed E-state index contributed by atoms with van der Waals surface area (Å²) in [7, 11) is 0. The van der Waals surface area contributed by atoms with E-state index in [2.05, 4.69) is 37.2 Å². The van der Waals surface area contributed by atoms with E-state index in [1.807, 2.05) is 48.5 Å². The van der Waals surface area contributed by atoms with Crippen LogP contribution in [0.15, 0.2) is 57.0 Å². The van der Waals surface area contributed by atoms with Gasteiger partial charge in [0.05, 0.1) is 4.47 Å². The van der Waals surface area contributed by atoms with Crippen LogP contribution >= 0.6 is 31.9 Å². The van der Waals surface area contributed by atoms with Crippen LogP contribution in [0.25, 0.3) is 6.08 Å². The van der Waals surface area contributed by atoms with Crippen LogP contribution in [0.3, 0.4) is 0 Å². The third-order valence-corrected chi connectivity index (χ3v) is 5.78. The highest BCUT2D eigenvalue weighted by molar-refractivity contribution is 9.10. The molecule has 1 aliphatic carbocycles. The van der Waals surface area contributed by atoms with Crippen LogP contribution in [-0.4, -0.2) is 11.9 Å². The van der Waals surface area contributed by atoms with Crippen molar-refractivity contribution in [3.05, 3.63) is 68.1 Å². The molecule has 2 aromatic carbocycles. The second kappa shape index (κ2) is 9.90. The van der Waals surface area contributed by atoms with Crippen LogP contribution in [0.2, 0.25) is 0 Å². The first-order valence-corrected chi connectivity index (χ1v) is 10.7. The highest BCUT2D eigenvalue weighted by atomic mass is 79.9. The Hall–Kier alpha value is -2.10. The second-order valence-electron chi connectivity index (χ2n) is 6.73. The van der Waals surface area contributed by atoms with E-state index in [0.29, 0.717) is 12.4 Å². The minimum Gasteiger partial charge on any atom is -0.488 e. The summed E-state index contributed by atoms with van der Waals surface area (Å²) in [6, 6.07) is 15.6. The second-order valence-corrected chi connectivity index (χ2v) is 8.50. The standard InChI is InChI=1S/C22H20Br2N2O2/c23-18-8-5-15(6-9-18)14-28-21-10-7-16(12-20(21)24)11-17(13-25)22(27)26-19-3-1-2-4-19/h5-12,19H,1-4,14H2,(H,26,27)/b17-11+. The van der Waals surface area contributed by atoms with Gasteiger partial charge in [0, 0.05) is 10.5 Å². The summed E-state index contributed by atoms with van der Waals surface area (Å²) in [4.78, 5) is 12.3. The van der Waals surface area contributed by atoms with Gasteiger partial charge in [-0.1, -0.05) is 47.0 Å². The monoisotopic (exact) mass is 502 g/mol. The Morgan fingerprint density at radius 3 is 2.54 bits per heavy atom. The minimum absolute atomic E-state index is 0.113. The van der Waals surface area contributed by atoms with Gasteiger partial charge in [0.25, 0.3) is 5.91 Å². The largest absolute Gasteiger partial charge is 0.488 e. The zero-order valence-corrected chi connectivity index (χ0v) is 18.4. The number of nitrogens with zero attached hydrogens (tertiary/aromatic N) is 1. The summed E-state index contributed by atoms with van der Waals surface area (Å²) in [6.45, 7) is 0.453.